The van der Waals surface area contributed by atoms with Crippen LogP contribution in [0.4, 0.5) is 11.4 Å². The minimum absolute atomic E-state index is 0.166. The van der Waals surface area contributed by atoms with Crippen LogP contribution in [0, 0.1) is 0 Å². The van der Waals surface area contributed by atoms with E-state index in [-0.39, 0.29) is 17.6 Å². The van der Waals surface area contributed by atoms with Crippen molar-refractivity contribution in [3.05, 3.63) is 78.6 Å². The molecule has 0 aliphatic carbocycles. The van der Waals surface area contributed by atoms with E-state index >= 15 is 0 Å². The Bertz CT molecular complexity index is 1290. The number of aromatic nitrogens is 4. The van der Waals surface area contributed by atoms with E-state index in [2.05, 4.69) is 25.8 Å². The lowest BCUT2D eigenvalue weighted by atomic mass is 10.2. The van der Waals surface area contributed by atoms with Crippen LogP contribution in [-0.4, -0.2) is 44.4 Å². The van der Waals surface area contributed by atoms with Crippen LogP contribution in [0.5, 0.6) is 5.75 Å². The molecule has 2 heterocycles. The van der Waals surface area contributed by atoms with Gasteiger partial charge in [-0.05, 0) is 67.6 Å². The molecule has 0 radical (unpaired) electrons. The molecule has 2 aromatic heterocycles. The lowest BCUT2D eigenvalue weighted by molar-refractivity contribution is -0.113. The number of carbonyl (C=O) groups is 2. The van der Waals surface area contributed by atoms with Gasteiger partial charge in [0.2, 0.25) is 5.91 Å². The highest BCUT2D eigenvalue weighted by Gasteiger charge is 2.15. The Morgan fingerprint density at radius 3 is 2.20 bits per heavy atom. The molecule has 0 aliphatic rings. The average molecular weight is 489 g/mol. The Balaban J connectivity index is 1.31. The standard InChI is InChI=1S/C25H24N6O3S/c1-3-31-23(17-12-14-26-15-13-17)29-30-25(31)35-16-22(32)27-19-6-8-20(9-7-19)28-24(33)18-4-10-21(34-2)11-5-18/h4-15H,3,16H2,1-2H3,(H,27,32)(H,28,33). The molecule has 35 heavy (non-hydrogen) atoms. The van der Waals surface area contributed by atoms with Crippen LogP contribution >= 0.6 is 11.8 Å². The van der Waals surface area contributed by atoms with Gasteiger partial charge >= 0.3 is 0 Å². The van der Waals surface area contributed by atoms with Crippen molar-refractivity contribution in [2.24, 2.45) is 0 Å². The maximum Gasteiger partial charge on any atom is 0.255 e. The quantitative estimate of drug-likeness (QED) is 0.337. The summed E-state index contributed by atoms with van der Waals surface area (Å²) in [6.07, 6.45) is 3.42. The van der Waals surface area contributed by atoms with Gasteiger partial charge in [-0.3, -0.25) is 14.6 Å². The number of thioether (sulfide) groups is 1. The van der Waals surface area contributed by atoms with Crippen molar-refractivity contribution < 1.29 is 14.3 Å². The van der Waals surface area contributed by atoms with Crippen molar-refractivity contribution in [1.29, 1.82) is 0 Å². The van der Waals surface area contributed by atoms with Crippen LogP contribution < -0.4 is 15.4 Å². The van der Waals surface area contributed by atoms with Gasteiger partial charge in [0.15, 0.2) is 11.0 Å². The van der Waals surface area contributed by atoms with E-state index in [1.807, 2.05) is 23.6 Å². The maximum atomic E-state index is 12.5. The molecular formula is C25H24N6O3S. The molecule has 0 aliphatic heterocycles. The topological polar surface area (TPSA) is 111 Å². The second kappa shape index (κ2) is 11.3. The minimum atomic E-state index is -0.230. The van der Waals surface area contributed by atoms with Gasteiger partial charge in [0.05, 0.1) is 12.9 Å². The summed E-state index contributed by atoms with van der Waals surface area (Å²) in [6, 6.07) is 17.5. The number of anilines is 2. The number of amides is 2. The number of carbonyl (C=O) groups excluding carboxylic acids is 2. The molecular weight excluding hydrogens is 464 g/mol. The first-order valence-electron chi connectivity index (χ1n) is 10.9. The third kappa shape index (κ3) is 6.04. The number of benzene rings is 2. The van der Waals surface area contributed by atoms with Gasteiger partial charge in [-0.2, -0.15) is 0 Å². The van der Waals surface area contributed by atoms with Crippen LogP contribution in [0.25, 0.3) is 11.4 Å². The second-order valence-corrected chi connectivity index (χ2v) is 8.33. The fraction of sp³-hybridized carbons (Fsp3) is 0.160. The van der Waals surface area contributed by atoms with Crippen molar-refractivity contribution in [3.63, 3.8) is 0 Å². The molecule has 0 fully saturated rings. The minimum Gasteiger partial charge on any atom is -0.497 e. The predicted octanol–water partition coefficient (Wildman–Crippen LogP) is 4.35. The first-order valence-corrected chi connectivity index (χ1v) is 11.9. The SMILES string of the molecule is CCn1c(SCC(=O)Nc2ccc(NC(=O)c3ccc(OC)cc3)cc2)nnc1-c1ccncc1. The highest BCUT2D eigenvalue weighted by atomic mass is 32.2. The van der Waals surface area contributed by atoms with Crippen LogP contribution in [0.15, 0.2) is 78.2 Å². The number of ether oxygens (including phenoxy) is 1. The van der Waals surface area contributed by atoms with Gasteiger partial charge in [0.1, 0.15) is 5.75 Å². The molecule has 0 saturated carbocycles. The fourth-order valence-corrected chi connectivity index (χ4v) is 4.11. The summed E-state index contributed by atoms with van der Waals surface area (Å²) in [5.41, 5.74) is 2.70. The molecule has 0 unspecified atom stereocenters. The molecule has 10 heteroatoms. The van der Waals surface area contributed by atoms with Gasteiger partial charge in [0, 0.05) is 41.4 Å². The summed E-state index contributed by atoms with van der Waals surface area (Å²) in [4.78, 5) is 28.9. The Kier molecular flexibility index (Phi) is 7.74. The van der Waals surface area contributed by atoms with Gasteiger partial charge in [-0.25, -0.2) is 0 Å². The lowest BCUT2D eigenvalue weighted by Crippen LogP contribution is -2.15. The average Bonchev–Trinajstić information content (AvgIpc) is 3.32. The summed E-state index contributed by atoms with van der Waals surface area (Å²) < 4.78 is 7.07. The number of hydrogen-bond acceptors (Lipinski definition) is 7. The number of methoxy groups -OCH3 is 1. The zero-order valence-electron chi connectivity index (χ0n) is 19.3. The van der Waals surface area contributed by atoms with Gasteiger partial charge in [-0.1, -0.05) is 11.8 Å². The molecule has 178 valence electrons. The number of nitrogens with one attached hydrogen (secondary N) is 2. The first kappa shape index (κ1) is 24.0. The third-order valence-corrected chi connectivity index (χ3v) is 6.05. The Labute approximate surface area is 206 Å². The molecule has 0 saturated heterocycles. The Hall–Kier alpha value is -4.18. The molecule has 2 N–H and O–H groups in total. The van der Waals surface area contributed by atoms with Gasteiger partial charge < -0.3 is 19.9 Å². The monoisotopic (exact) mass is 488 g/mol. The molecule has 2 aromatic carbocycles. The lowest BCUT2D eigenvalue weighted by Gasteiger charge is -2.09. The summed E-state index contributed by atoms with van der Waals surface area (Å²) in [5.74, 6) is 1.21. The van der Waals surface area contributed by atoms with E-state index < -0.39 is 0 Å². The van der Waals surface area contributed by atoms with Crippen LogP contribution in [0.2, 0.25) is 0 Å². The van der Waals surface area contributed by atoms with Crippen molar-refractivity contribution >= 4 is 35.0 Å². The highest BCUT2D eigenvalue weighted by Crippen LogP contribution is 2.24. The molecule has 4 rings (SSSR count). The van der Waals surface area contributed by atoms with Crippen LogP contribution in [0.1, 0.15) is 17.3 Å². The van der Waals surface area contributed by atoms with Crippen molar-refractivity contribution in [2.75, 3.05) is 23.5 Å². The summed E-state index contributed by atoms with van der Waals surface area (Å²) in [7, 11) is 1.57. The summed E-state index contributed by atoms with van der Waals surface area (Å²) >= 11 is 1.32. The zero-order chi connectivity index (χ0) is 24.6. The number of pyridine rings is 1. The molecule has 0 spiro atoms. The predicted molar refractivity (Wildman–Crippen MR) is 136 cm³/mol. The largest absolute Gasteiger partial charge is 0.497 e. The van der Waals surface area contributed by atoms with Crippen LogP contribution in [-0.2, 0) is 11.3 Å². The molecule has 0 atom stereocenters. The smallest absolute Gasteiger partial charge is 0.255 e. The number of rotatable bonds is 9. The van der Waals surface area contributed by atoms with Crippen molar-refractivity contribution in [3.8, 4) is 17.1 Å². The second-order valence-electron chi connectivity index (χ2n) is 7.38. The van der Waals surface area contributed by atoms with Crippen LogP contribution in [0.3, 0.4) is 0 Å². The highest BCUT2D eigenvalue weighted by molar-refractivity contribution is 7.99. The first-order chi connectivity index (χ1) is 17.1. The summed E-state index contributed by atoms with van der Waals surface area (Å²) in [5, 5.41) is 14.9. The molecule has 2 amide bonds. The van der Waals surface area contributed by atoms with Crippen molar-refractivity contribution in [2.45, 2.75) is 18.6 Å². The molecule has 4 aromatic rings. The zero-order valence-corrected chi connectivity index (χ0v) is 20.1. The Morgan fingerprint density at radius 1 is 0.914 bits per heavy atom. The number of hydrogen-bond donors (Lipinski definition) is 2. The van der Waals surface area contributed by atoms with E-state index in [4.69, 9.17) is 4.74 Å². The van der Waals surface area contributed by atoms with E-state index in [0.717, 1.165) is 11.4 Å². The maximum absolute atomic E-state index is 12.5. The summed E-state index contributed by atoms with van der Waals surface area (Å²) in [6.45, 7) is 2.69. The normalized spacial score (nSPS) is 10.6. The van der Waals surface area contributed by atoms with Crippen molar-refractivity contribution in [1.82, 2.24) is 19.7 Å². The van der Waals surface area contributed by atoms with E-state index in [0.29, 0.717) is 34.4 Å². The fourth-order valence-electron chi connectivity index (χ4n) is 3.30. The number of nitrogens with zero attached hydrogens (tertiary/aromatic N) is 4. The van der Waals surface area contributed by atoms with E-state index in [9.17, 15) is 9.59 Å². The van der Waals surface area contributed by atoms with Gasteiger partial charge in [-0.15, -0.1) is 10.2 Å². The van der Waals surface area contributed by atoms with E-state index in [1.54, 1.807) is 68.0 Å². The molecule has 0 bridgehead atoms. The van der Waals surface area contributed by atoms with Gasteiger partial charge in [0.25, 0.3) is 5.91 Å². The molecule has 9 nitrogen and oxygen atoms in total. The third-order valence-electron chi connectivity index (χ3n) is 5.08. The van der Waals surface area contributed by atoms with E-state index in [1.165, 1.54) is 11.8 Å². The Morgan fingerprint density at radius 2 is 1.57 bits per heavy atom.